The summed E-state index contributed by atoms with van der Waals surface area (Å²) in [4.78, 5) is 29.2. The highest BCUT2D eigenvalue weighted by Gasteiger charge is 2.29. The zero-order chi connectivity index (χ0) is 24.9. The molecule has 3 aromatic rings. The minimum Gasteiger partial charge on any atom is -0.490 e. The van der Waals surface area contributed by atoms with Crippen LogP contribution in [-0.4, -0.2) is 59.2 Å². The molecule has 0 spiro atoms. The van der Waals surface area contributed by atoms with Gasteiger partial charge in [-0.3, -0.25) is 9.59 Å². The monoisotopic (exact) mass is 489 g/mol. The number of carbonyl (C=O) groups excluding carboxylic acids is 2. The first kappa shape index (κ1) is 23.7. The predicted octanol–water partition coefficient (Wildman–Crippen LogP) is 3.76. The number of piperidine rings is 1. The van der Waals surface area contributed by atoms with E-state index in [4.69, 9.17) is 4.74 Å². The second-order valence-electron chi connectivity index (χ2n) is 9.14. The molecule has 1 aromatic heterocycles. The third-order valence-corrected chi connectivity index (χ3v) is 6.69. The molecule has 2 aliphatic rings. The third kappa shape index (κ3) is 5.62. The first-order valence-corrected chi connectivity index (χ1v) is 12.2. The number of anilines is 2. The highest BCUT2D eigenvalue weighted by atomic mass is 19.1. The van der Waals surface area contributed by atoms with Crippen molar-refractivity contribution in [2.45, 2.75) is 25.4 Å². The molecule has 0 aliphatic carbocycles. The molecule has 2 aliphatic heterocycles. The molecule has 2 aromatic carbocycles. The summed E-state index contributed by atoms with van der Waals surface area (Å²) in [5.41, 5.74) is 1.22. The van der Waals surface area contributed by atoms with Crippen molar-refractivity contribution < 1.29 is 18.7 Å². The molecular formula is C27H28FN5O3. The number of hydrogen-bond acceptors (Lipinski definition) is 6. The molecule has 36 heavy (non-hydrogen) atoms. The van der Waals surface area contributed by atoms with Gasteiger partial charge in [0.15, 0.2) is 5.82 Å². The van der Waals surface area contributed by atoms with Gasteiger partial charge < -0.3 is 19.9 Å². The van der Waals surface area contributed by atoms with Gasteiger partial charge in [0.2, 0.25) is 5.91 Å². The Balaban J connectivity index is 1.08. The van der Waals surface area contributed by atoms with Gasteiger partial charge in [0, 0.05) is 56.5 Å². The van der Waals surface area contributed by atoms with Crippen LogP contribution in [0.3, 0.4) is 0 Å². The summed E-state index contributed by atoms with van der Waals surface area (Å²) in [6.45, 7) is 2.57. The Morgan fingerprint density at radius 3 is 2.39 bits per heavy atom. The highest BCUT2D eigenvalue weighted by Crippen LogP contribution is 2.25. The summed E-state index contributed by atoms with van der Waals surface area (Å²) in [5, 5.41) is 11.0. The quantitative estimate of drug-likeness (QED) is 0.567. The maximum atomic E-state index is 13.1. The van der Waals surface area contributed by atoms with Crippen LogP contribution in [0.1, 0.15) is 29.6 Å². The molecule has 0 unspecified atom stereocenters. The first-order valence-electron chi connectivity index (χ1n) is 12.2. The number of nitrogens with zero attached hydrogens (tertiary/aromatic N) is 4. The number of likely N-dealkylation sites (tertiary alicyclic amines) is 1. The largest absolute Gasteiger partial charge is 0.490 e. The van der Waals surface area contributed by atoms with Crippen molar-refractivity contribution in [3.8, 4) is 5.75 Å². The van der Waals surface area contributed by atoms with Gasteiger partial charge in [-0.1, -0.05) is 0 Å². The number of ether oxygens (including phenoxy) is 1. The maximum Gasteiger partial charge on any atom is 0.253 e. The Kier molecular flexibility index (Phi) is 7.06. The second kappa shape index (κ2) is 10.7. The van der Waals surface area contributed by atoms with Gasteiger partial charge in [0.1, 0.15) is 17.7 Å². The molecule has 0 radical (unpaired) electrons. The number of benzene rings is 2. The fourth-order valence-electron chi connectivity index (χ4n) is 4.65. The van der Waals surface area contributed by atoms with Crippen LogP contribution >= 0.6 is 0 Å². The van der Waals surface area contributed by atoms with Gasteiger partial charge in [-0.05, 0) is 67.1 Å². The minimum absolute atomic E-state index is 0.00625. The van der Waals surface area contributed by atoms with E-state index in [1.54, 1.807) is 11.1 Å². The first-order chi connectivity index (χ1) is 17.5. The zero-order valence-corrected chi connectivity index (χ0v) is 19.8. The van der Waals surface area contributed by atoms with Crippen molar-refractivity contribution in [2.75, 3.05) is 36.4 Å². The predicted molar refractivity (Wildman–Crippen MR) is 133 cm³/mol. The molecule has 186 valence electrons. The molecule has 1 N–H and O–H groups in total. The Bertz CT molecular complexity index is 1180. The lowest BCUT2D eigenvalue weighted by atomic mass is 10.1. The fourth-order valence-corrected chi connectivity index (χ4v) is 4.65. The lowest BCUT2D eigenvalue weighted by Crippen LogP contribution is -2.41. The Labute approximate surface area is 209 Å². The van der Waals surface area contributed by atoms with E-state index in [0.717, 1.165) is 43.1 Å². The van der Waals surface area contributed by atoms with E-state index in [0.29, 0.717) is 25.2 Å². The van der Waals surface area contributed by atoms with E-state index in [2.05, 4.69) is 20.4 Å². The molecule has 2 fully saturated rings. The number of carbonyl (C=O) groups is 2. The highest BCUT2D eigenvalue weighted by molar-refractivity contribution is 5.94. The summed E-state index contributed by atoms with van der Waals surface area (Å²) in [7, 11) is 0. The smallest absolute Gasteiger partial charge is 0.253 e. The molecule has 0 saturated carbocycles. The maximum absolute atomic E-state index is 13.1. The van der Waals surface area contributed by atoms with E-state index in [9.17, 15) is 14.0 Å². The molecule has 1 atom stereocenters. The lowest BCUT2D eigenvalue weighted by Gasteiger charge is -2.32. The number of amides is 2. The summed E-state index contributed by atoms with van der Waals surface area (Å²) in [6.07, 6.45) is 3.85. The van der Waals surface area contributed by atoms with Crippen molar-refractivity contribution in [1.82, 2.24) is 15.1 Å². The van der Waals surface area contributed by atoms with E-state index >= 15 is 0 Å². The van der Waals surface area contributed by atoms with Crippen LogP contribution in [0, 0.1) is 11.7 Å². The summed E-state index contributed by atoms with van der Waals surface area (Å²) < 4.78 is 19.2. The molecule has 8 nitrogen and oxygen atoms in total. The molecule has 2 saturated heterocycles. The van der Waals surface area contributed by atoms with Crippen molar-refractivity contribution in [3.05, 3.63) is 78.2 Å². The molecule has 2 amide bonds. The number of halogens is 1. The topological polar surface area (TPSA) is 87.7 Å². The van der Waals surface area contributed by atoms with Crippen LogP contribution in [0.25, 0.3) is 0 Å². The normalized spacial score (nSPS) is 18.2. The van der Waals surface area contributed by atoms with Gasteiger partial charge in [0.25, 0.3) is 5.91 Å². The van der Waals surface area contributed by atoms with Crippen molar-refractivity contribution >= 4 is 23.3 Å². The van der Waals surface area contributed by atoms with Gasteiger partial charge in [-0.2, -0.15) is 5.10 Å². The van der Waals surface area contributed by atoms with Crippen molar-refractivity contribution in [1.29, 1.82) is 0 Å². The van der Waals surface area contributed by atoms with Gasteiger partial charge in [-0.25, -0.2) is 4.39 Å². The van der Waals surface area contributed by atoms with Crippen molar-refractivity contribution in [2.24, 2.45) is 5.92 Å². The minimum atomic E-state index is -0.354. The standard InChI is InChI=1S/C27H28FN5O3/c28-21-5-3-19(4-6-21)27(35)32-16-12-24(13-17-32)36-23-9-7-22(8-10-23)30-26(34)20-11-15-33(18-20)25-2-1-14-29-31-25/h1-10,14,20,24H,11-13,15-18H2,(H,30,34)/t20-/m0/s1. The van der Waals surface area contributed by atoms with Crippen LogP contribution in [0.4, 0.5) is 15.9 Å². The van der Waals surface area contributed by atoms with E-state index < -0.39 is 0 Å². The third-order valence-electron chi connectivity index (χ3n) is 6.69. The zero-order valence-electron chi connectivity index (χ0n) is 19.8. The fraction of sp³-hybridized carbons (Fsp3) is 0.333. The molecule has 9 heteroatoms. The van der Waals surface area contributed by atoms with Gasteiger partial charge in [0.05, 0.1) is 5.92 Å². The molecular weight excluding hydrogens is 461 g/mol. The molecule has 5 rings (SSSR count). The summed E-state index contributed by atoms with van der Waals surface area (Å²) >= 11 is 0. The van der Waals surface area contributed by atoms with E-state index in [1.807, 2.05) is 36.4 Å². The Morgan fingerprint density at radius 2 is 1.69 bits per heavy atom. The Morgan fingerprint density at radius 1 is 0.944 bits per heavy atom. The number of aromatic nitrogens is 2. The average Bonchev–Trinajstić information content (AvgIpc) is 3.42. The van der Waals surface area contributed by atoms with Crippen LogP contribution in [0.5, 0.6) is 5.75 Å². The second-order valence-corrected chi connectivity index (χ2v) is 9.14. The lowest BCUT2D eigenvalue weighted by molar-refractivity contribution is -0.119. The van der Waals surface area contributed by atoms with Crippen LogP contribution in [0.2, 0.25) is 0 Å². The average molecular weight is 490 g/mol. The van der Waals surface area contributed by atoms with Crippen LogP contribution in [-0.2, 0) is 4.79 Å². The van der Waals surface area contributed by atoms with E-state index in [1.165, 1.54) is 24.3 Å². The van der Waals surface area contributed by atoms with Crippen LogP contribution < -0.4 is 15.0 Å². The van der Waals surface area contributed by atoms with Gasteiger partial charge in [-0.15, -0.1) is 5.10 Å². The SMILES string of the molecule is O=C(Nc1ccc(OC2CCN(C(=O)c3ccc(F)cc3)CC2)cc1)[C@H]1CCN(c2cccnn2)C1. The van der Waals surface area contributed by atoms with Gasteiger partial charge >= 0.3 is 0 Å². The van der Waals surface area contributed by atoms with E-state index in [-0.39, 0.29) is 29.7 Å². The van der Waals surface area contributed by atoms with Crippen LogP contribution in [0.15, 0.2) is 66.9 Å². The van der Waals surface area contributed by atoms with Crippen molar-refractivity contribution in [3.63, 3.8) is 0 Å². The number of hydrogen-bond donors (Lipinski definition) is 1. The molecule has 3 heterocycles. The summed E-state index contributed by atoms with van der Waals surface area (Å²) in [6, 6.07) is 16.8. The molecule has 0 bridgehead atoms. The summed E-state index contributed by atoms with van der Waals surface area (Å²) in [5.74, 6) is 0.966. The number of rotatable bonds is 6. The number of nitrogens with one attached hydrogen (secondary N) is 1. The Hall–Kier alpha value is -4.01.